The Morgan fingerprint density at radius 1 is 1.12 bits per heavy atom. The summed E-state index contributed by atoms with van der Waals surface area (Å²) in [6.45, 7) is 2.92. The summed E-state index contributed by atoms with van der Waals surface area (Å²) in [5.74, 6) is -0.311. The molecule has 0 radical (unpaired) electrons. The molecule has 0 aliphatic carbocycles. The van der Waals surface area contributed by atoms with E-state index in [1.165, 1.54) is 37.8 Å². The second-order valence-electron chi connectivity index (χ2n) is 4.65. The van der Waals surface area contributed by atoms with E-state index in [-0.39, 0.29) is 5.82 Å². The van der Waals surface area contributed by atoms with Gasteiger partial charge in [-0.2, -0.15) is 5.26 Å². The summed E-state index contributed by atoms with van der Waals surface area (Å²) in [4.78, 5) is 2.35. The molecule has 1 fully saturated rings. The molecule has 1 aliphatic heterocycles. The highest BCUT2D eigenvalue weighted by atomic mass is 19.1. The van der Waals surface area contributed by atoms with Crippen molar-refractivity contribution in [3.05, 3.63) is 35.1 Å². The molecule has 0 bridgehead atoms. The summed E-state index contributed by atoms with van der Waals surface area (Å²) in [7, 11) is 0. The SMILES string of the molecule is N#Cc1cc(F)cc(CN2CCCCCC2)c1. The van der Waals surface area contributed by atoms with Crippen LogP contribution in [0, 0.1) is 17.1 Å². The first-order chi connectivity index (χ1) is 8.28. The van der Waals surface area contributed by atoms with Crippen LogP contribution in [0.3, 0.4) is 0 Å². The van der Waals surface area contributed by atoms with Gasteiger partial charge in [-0.15, -0.1) is 0 Å². The predicted octanol–water partition coefficient (Wildman–Crippen LogP) is 3.07. The fraction of sp³-hybridized carbons (Fsp3) is 0.500. The van der Waals surface area contributed by atoms with Crippen molar-refractivity contribution >= 4 is 0 Å². The van der Waals surface area contributed by atoms with Gasteiger partial charge in [0.2, 0.25) is 0 Å². The van der Waals surface area contributed by atoms with Crippen LogP contribution in [-0.4, -0.2) is 18.0 Å². The van der Waals surface area contributed by atoms with Gasteiger partial charge in [-0.25, -0.2) is 4.39 Å². The van der Waals surface area contributed by atoms with Crippen LogP contribution in [0.25, 0.3) is 0 Å². The van der Waals surface area contributed by atoms with Gasteiger partial charge in [0, 0.05) is 6.54 Å². The van der Waals surface area contributed by atoms with E-state index in [0.29, 0.717) is 5.56 Å². The number of benzene rings is 1. The summed E-state index contributed by atoms with van der Waals surface area (Å²) in [6, 6.07) is 6.60. The van der Waals surface area contributed by atoms with E-state index >= 15 is 0 Å². The molecule has 17 heavy (non-hydrogen) atoms. The zero-order valence-corrected chi connectivity index (χ0v) is 9.95. The molecule has 1 aromatic rings. The average Bonchev–Trinajstić information content (AvgIpc) is 2.57. The van der Waals surface area contributed by atoms with E-state index in [9.17, 15) is 4.39 Å². The molecule has 0 unspecified atom stereocenters. The highest BCUT2D eigenvalue weighted by Gasteiger charge is 2.10. The van der Waals surface area contributed by atoms with Crippen molar-refractivity contribution in [2.24, 2.45) is 0 Å². The topological polar surface area (TPSA) is 27.0 Å². The van der Waals surface area contributed by atoms with E-state index in [4.69, 9.17) is 5.26 Å². The summed E-state index contributed by atoms with van der Waals surface area (Å²) in [6.07, 6.45) is 5.03. The first-order valence-electron chi connectivity index (χ1n) is 6.20. The zero-order valence-electron chi connectivity index (χ0n) is 9.95. The normalized spacial score (nSPS) is 17.4. The minimum absolute atomic E-state index is 0.311. The first-order valence-corrected chi connectivity index (χ1v) is 6.20. The van der Waals surface area contributed by atoms with Gasteiger partial charge in [-0.1, -0.05) is 12.8 Å². The lowest BCUT2D eigenvalue weighted by atomic mass is 10.1. The fourth-order valence-electron chi connectivity index (χ4n) is 2.36. The van der Waals surface area contributed by atoms with Crippen LogP contribution in [-0.2, 0) is 6.54 Å². The van der Waals surface area contributed by atoms with Crippen molar-refractivity contribution in [3.63, 3.8) is 0 Å². The molecule has 1 aliphatic rings. The van der Waals surface area contributed by atoms with Crippen LogP contribution in [0.15, 0.2) is 18.2 Å². The quantitative estimate of drug-likeness (QED) is 0.783. The fourth-order valence-corrected chi connectivity index (χ4v) is 2.36. The van der Waals surface area contributed by atoms with Crippen LogP contribution in [0.5, 0.6) is 0 Å². The predicted molar refractivity (Wildman–Crippen MR) is 64.9 cm³/mol. The van der Waals surface area contributed by atoms with E-state index in [2.05, 4.69) is 4.90 Å². The van der Waals surface area contributed by atoms with E-state index in [1.807, 2.05) is 6.07 Å². The molecule has 0 amide bonds. The maximum Gasteiger partial charge on any atom is 0.124 e. The molecule has 0 saturated carbocycles. The number of likely N-dealkylation sites (tertiary alicyclic amines) is 1. The number of nitrogens with zero attached hydrogens (tertiary/aromatic N) is 2. The molecular weight excluding hydrogens is 215 g/mol. The van der Waals surface area contributed by atoms with Crippen molar-refractivity contribution in [1.82, 2.24) is 4.90 Å². The highest BCUT2D eigenvalue weighted by Crippen LogP contribution is 2.15. The third-order valence-corrected chi connectivity index (χ3v) is 3.19. The van der Waals surface area contributed by atoms with Gasteiger partial charge in [0.25, 0.3) is 0 Å². The van der Waals surface area contributed by atoms with Crippen LogP contribution in [0.4, 0.5) is 4.39 Å². The number of rotatable bonds is 2. The van der Waals surface area contributed by atoms with E-state index in [0.717, 1.165) is 25.2 Å². The Morgan fingerprint density at radius 2 is 1.82 bits per heavy atom. The lowest BCUT2D eigenvalue weighted by Crippen LogP contribution is -2.24. The summed E-state index contributed by atoms with van der Waals surface area (Å²) in [5.41, 5.74) is 1.32. The second kappa shape index (κ2) is 5.79. The Bertz CT molecular complexity index is 415. The Balaban J connectivity index is 2.06. The smallest absolute Gasteiger partial charge is 0.124 e. The van der Waals surface area contributed by atoms with Crippen molar-refractivity contribution in [2.45, 2.75) is 32.2 Å². The molecule has 0 atom stereocenters. The van der Waals surface area contributed by atoms with Crippen LogP contribution >= 0.6 is 0 Å². The number of hydrogen-bond acceptors (Lipinski definition) is 2. The maximum absolute atomic E-state index is 13.3. The lowest BCUT2D eigenvalue weighted by molar-refractivity contribution is 0.276. The molecule has 1 heterocycles. The maximum atomic E-state index is 13.3. The summed E-state index contributed by atoms with van der Waals surface area (Å²) >= 11 is 0. The Labute approximate surface area is 102 Å². The Kier molecular flexibility index (Phi) is 4.11. The molecule has 2 rings (SSSR count). The summed E-state index contributed by atoms with van der Waals surface area (Å²) in [5, 5.41) is 8.81. The summed E-state index contributed by atoms with van der Waals surface area (Å²) < 4.78 is 13.3. The van der Waals surface area contributed by atoms with Gasteiger partial charge in [-0.05, 0) is 49.7 Å². The number of halogens is 1. The molecule has 90 valence electrons. The third kappa shape index (κ3) is 3.54. The molecular formula is C14H17FN2. The van der Waals surface area contributed by atoms with E-state index < -0.39 is 0 Å². The molecule has 1 aromatic carbocycles. The number of hydrogen-bond donors (Lipinski definition) is 0. The van der Waals surface area contributed by atoms with Gasteiger partial charge in [0.15, 0.2) is 0 Å². The lowest BCUT2D eigenvalue weighted by Gasteiger charge is -2.19. The van der Waals surface area contributed by atoms with Crippen LogP contribution in [0.1, 0.15) is 36.8 Å². The monoisotopic (exact) mass is 232 g/mol. The largest absolute Gasteiger partial charge is 0.299 e. The molecule has 2 nitrogen and oxygen atoms in total. The van der Waals surface area contributed by atoms with Gasteiger partial charge >= 0.3 is 0 Å². The van der Waals surface area contributed by atoms with Gasteiger partial charge in [-0.3, -0.25) is 4.90 Å². The second-order valence-corrected chi connectivity index (χ2v) is 4.65. The first kappa shape index (κ1) is 12.1. The molecule has 0 spiro atoms. The minimum atomic E-state index is -0.311. The van der Waals surface area contributed by atoms with Crippen molar-refractivity contribution in [1.29, 1.82) is 5.26 Å². The molecule has 0 N–H and O–H groups in total. The van der Waals surface area contributed by atoms with Crippen molar-refractivity contribution < 1.29 is 4.39 Å². The molecule has 1 saturated heterocycles. The Morgan fingerprint density at radius 3 is 2.47 bits per heavy atom. The third-order valence-electron chi connectivity index (χ3n) is 3.19. The minimum Gasteiger partial charge on any atom is -0.299 e. The molecule has 3 heteroatoms. The Hall–Kier alpha value is -1.40. The molecule has 0 aromatic heterocycles. The van der Waals surface area contributed by atoms with Crippen LogP contribution < -0.4 is 0 Å². The van der Waals surface area contributed by atoms with Crippen LogP contribution in [0.2, 0.25) is 0 Å². The highest BCUT2D eigenvalue weighted by molar-refractivity contribution is 5.33. The average molecular weight is 232 g/mol. The van der Waals surface area contributed by atoms with Gasteiger partial charge in [0.05, 0.1) is 11.6 Å². The zero-order chi connectivity index (χ0) is 12.1. The van der Waals surface area contributed by atoms with Crippen molar-refractivity contribution in [3.8, 4) is 6.07 Å². The van der Waals surface area contributed by atoms with E-state index in [1.54, 1.807) is 6.07 Å². The number of nitriles is 1. The standard InChI is InChI=1S/C14H17FN2/c15-14-8-12(10-16)7-13(9-14)11-17-5-3-1-2-4-6-17/h7-9H,1-6,11H2. The van der Waals surface area contributed by atoms with Gasteiger partial charge in [0.1, 0.15) is 5.82 Å². The van der Waals surface area contributed by atoms with Crippen molar-refractivity contribution in [2.75, 3.05) is 13.1 Å². The van der Waals surface area contributed by atoms with Gasteiger partial charge < -0.3 is 0 Å².